The molecule has 0 spiro atoms. The summed E-state index contributed by atoms with van der Waals surface area (Å²) in [7, 11) is 2.91. The molecule has 0 unspecified atom stereocenters. The second kappa shape index (κ2) is 8.63. The number of carbonyl (C=O) groups is 3. The predicted octanol–water partition coefficient (Wildman–Crippen LogP) is 2.46. The van der Waals surface area contributed by atoms with Crippen LogP contribution in [0, 0.1) is 0 Å². The third-order valence-corrected chi connectivity index (χ3v) is 3.57. The molecular weight excluding hydrogens is 320 g/mol. The molecular formula is C19H20N2O4. The number of hydrogen-bond acceptors (Lipinski definition) is 4. The van der Waals surface area contributed by atoms with Gasteiger partial charge in [-0.3, -0.25) is 14.4 Å². The van der Waals surface area contributed by atoms with Gasteiger partial charge in [-0.25, -0.2) is 0 Å². The lowest BCUT2D eigenvalue weighted by Gasteiger charge is -2.19. The third-order valence-electron chi connectivity index (χ3n) is 3.57. The van der Waals surface area contributed by atoms with Crippen molar-refractivity contribution in [1.29, 1.82) is 0 Å². The Kier molecular flexibility index (Phi) is 6.28. The minimum absolute atomic E-state index is 0.224. The van der Waals surface area contributed by atoms with Crippen LogP contribution in [-0.2, 0) is 20.9 Å². The zero-order chi connectivity index (χ0) is 18.2. The Morgan fingerprint density at radius 2 is 1.64 bits per heavy atom. The van der Waals surface area contributed by atoms with Gasteiger partial charge in [-0.1, -0.05) is 42.5 Å². The summed E-state index contributed by atoms with van der Waals surface area (Å²) >= 11 is 0. The average Bonchev–Trinajstić information content (AvgIpc) is 2.62. The second-order valence-corrected chi connectivity index (χ2v) is 5.49. The number of ether oxygens (including phenoxy) is 1. The van der Waals surface area contributed by atoms with Crippen LogP contribution in [0.1, 0.15) is 22.3 Å². The zero-order valence-electron chi connectivity index (χ0n) is 14.2. The van der Waals surface area contributed by atoms with E-state index in [2.05, 4.69) is 10.1 Å². The van der Waals surface area contributed by atoms with E-state index in [9.17, 15) is 14.4 Å². The van der Waals surface area contributed by atoms with Gasteiger partial charge in [0.25, 0.3) is 5.91 Å². The summed E-state index contributed by atoms with van der Waals surface area (Å²) in [6.45, 7) is 0.449. The molecule has 0 radical (unpaired) electrons. The van der Waals surface area contributed by atoms with E-state index in [4.69, 9.17) is 0 Å². The third kappa shape index (κ3) is 5.17. The molecule has 0 atom stereocenters. The first-order valence-corrected chi connectivity index (χ1v) is 7.76. The van der Waals surface area contributed by atoms with E-state index in [0.29, 0.717) is 17.8 Å². The Hall–Kier alpha value is -3.15. The highest BCUT2D eigenvalue weighted by atomic mass is 16.5. The molecule has 0 aliphatic carbocycles. The smallest absolute Gasteiger partial charge is 0.315 e. The molecule has 0 saturated heterocycles. The maximum atomic E-state index is 12.7. The standard InChI is InChI=1S/C19H20N2O4/c1-21(13-14-8-4-3-5-9-14)19(24)15-10-6-7-11-16(15)20-17(22)12-18(23)25-2/h3-11H,12-13H2,1-2H3,(H,20,22). The molecule has 0 bridgehead atoms. The van der Waals surface area contributed by atoms with Crippen molar-refractivity contribution < 1.29 is 19.1 Å². The summed E-state index contributed by atoms with van der Waals surface area (Å²) in [5, 5.41) is 2.59. The summed E-state index contributed by atoms with van der Waals surface area (Å²) in [6.07, 6.45) is -0.404. The fourth-order valence-electron chi connectivity index (χ4n) is 2.31. The monoisotopic (exact) mass is 340 g/mol. The van der Waals surface area contributed by atoms with Gasteiger partial charge in [-0.2, -0.15) is 0 Å². The molecule has 130 valence electrons. The number of rotatable bonds is 6. The number of benzene rings is 2. The van der Waals surface area contributed by atoms with Crippen LogP contribution in [0.4, 0.5) is 5.69 Å². The number of amides is 2. The highest BCUT2D eigenvalue weighted by Gasteiger charge is 2.18. The summed E-state index contributed by atoms with van der Waals surface area (Å²) in [5.41, 5.74) is 1.73. The van der Waals surface area contributed by atoms with Gasteiger partial charge in [0.2, 0.25) is 5.91 Å². The quantitative estimate of drug-likeness (QED) is 0.647. The summed E-state index contributed by atoms with van der Waals surface area (Å²) in [4.78, 5) is 37.3. The van der Waals surface area contributed by atoms with E-state index in [1.807, 2.05) is 30.3 Å². The zero-order valence-corrected chi connectivity index (χ0v) is 14.2. The first-order valence-electron chi connectivity index (χ1n) is 7.76. The Morgan fingerprint density at radius 1 is 1.00 bits per heavy atom. The van der Waals surface area contributed by atoms with Crippen LogP contribution < -0.4 is 5.32 Å². The first-order chi connectivity index (χ1) is 12.0. The van der Waals surface area contributed by atoms with Crippen molar-refractivity contribution in [3.05, 3.63) is 65.7 Å². The summed E-state index contributed by atoms with van der Waals surface area (Å²) in [5.74, 6) is -1.39. The maximum Gasteiger partial charge on any atom is 0.315 e. The Labute approximate surface area is 146 Å². The van der Waals surface area contributed by atoms with Crippen LogP contribution in [0.2, 0.25) is 0 Å². The van der Waals surface area contributed by atoms with Gasteiger partial charge in [0.15, 0.2) is 0 Å². The average molecular weight is 340 g/mol. The Balaban J connectivity index is 2.11. The Bertz CT molecular complexity index is 759. The highest BCUT2D eigenvalue weighted by molar-refractivity contribution is 6.07. The highest BCUT2D eigenvalue weighted by Crippen LogP contribution is 2.18. The largest absolute Gasteiger partial charge is 0.469 e. The molecule has 6 nitrogen and oxygen atoms in total. The van der Waals surface area contributed by atoms with E-state index in [0.717, 1.165) is 5.56 Å². The molecule has 0 aromatic heterocycles. The number of esters is 1. The lowest BCUT2D eigenvalue weighted by atomic mass is 10.1. The number of methoxy groups -OCH3 is 1. The fourth-order valence-corrected chi connectivity index (χ4v) is 2.31. The van der Waals surface area contributed by atoms with E-state index in [-0.39, 0.29) is 5.91 Å². The number of para-hydroxylation sites is 1. The van der Waals surface area contributed by atoms with Gasteiger partial charge in [-0.15, -0.1) is 0 Å². The molecule has 6 heteroatoms. The maximum absolute atomic E-state index is 12.7. The summed E-state index contributed by atoms with van der Waals surface area (Å²) < 4.78 is 4.47. The molecule has 0 heterocycles. The van der Waals surface area contributed by atoms with E-state index in [1.54, 1.807) is 36.2 Å². The van der Waals surface area contributed by atoms with Crippen LogP contribution in [0.3, 0.4) is 0 Å². The molecule has 0 aliphatic heterocycles. The molecule has 2 amide bonds. The Morgan fingerprint density at radius 3 is 2.32 bits per heavy atom. The van der Waals surface area contributed by atoms with Crippen LogP contribution in [-0.4, -0.2) is 36.8 Å². The number of nitrogens with zero attached hydrogens (tertiary/aromatic N) is 1. The van der Waals surface area contributed by atoms with Crippen molar-refractivity contribution in [3.8, 4) is 0 Å². The molecule has 25 heavy (non-hydrogen) atoms. The van der Waals surface area contributed by atoms with Crippen LogP contribution >= 0.6 is 0 Å². The van der Waals surface area contributed by atoms with Gasteiger partial charge in [0.05, 0.1) is 18.4 Å². The lowest BCUT2D eigenvalue weighted by molar-refractivity contribution is -0.142. The van der Waals surface area contributed by atoms with Crippen LogP contribution in [0.5, 0.6) is 0 Å². The number of nitrogens with one attached hydrogen (secondary N) is 1. The molecule has 1 N–H and O–H groups in total. The molecule has 2 rings (SSSR count). The van der Waals surface area contributed by atoms with E-state index < -0.39 is 18.3 Å². The van der Waals surface area contributed by atoms with E-state index in [1.165, 1.54) is 7.11 Å². The molecule has 0 fully saturated rings. The molecule has 0 saturated carbocycles. The minimum Gasteiger partial charge on any atom is -0.469 e. The molecule has 2 aromatic rings. The van der Waals surface area contributed by atoms with Gasteiger partial charge in [0.1, 0.15) is 6.42 Å². The van der Waals surface area contributed by atoms with Crippen molar-refractivity contribution in [2.75, 3.05) is 19.5 Å². The van der Waals surface area contributed by atoms with Crippen molar-refractivity contribution in [3.63, 3.8) is 0 Å². The van der Waals surface area contributed by atoms with Gasteiger partial charge in [0, 0.05) is 13.6 Å². The molecule has 2 aromatic carbocycles. The number of anilines is 1. The van der Waals surface area contributed by atoms with Crippen molar-refractivity contribution in [2.24, 2.45) is 0 Å². The normalized spacial score (nSPS) is 10.0. The second-order valence-electron chi connectivity index (χ2n) is 5.49. The molecule has 0 aliphatic rings. The van der Waals surface area contributed by atoms with Gasteiger partial charge < -0.3 is 15.0 Å². The van der Waals surface area contributed by atoms with Crippen molar-refractivity contribution >= 4 is 23.5 Å². The number of carbonyl (C=O) groups excluding carboxylic acids is 3. The van der Waals surface area contributed by atoms with Crippen molar-refractivity contribution in [1.82, 2.24) is 4.90 Å². The summed E-state index contributed by atoms with van der Waals surface area (Å²) in [6, 6.07) is 16.3. The van der Waals surface area contributed by atoms with E-state index >= 15 is 0 Å². The van der Waals surface area contributed by atoms with Crippen LogP contribution in [0.15, 0.2) is 54.6 Å². The fraction of sp³-hybridized carbons (Fsp3) is 0.211. The minimum atomic E-state index is -0.637. The predicted molar refractivity (Wildman–Crippen MR) is 93.9 cm³/mol. The van der Waals surface area contributed by atoms with Crippen molar-refractivity contribution in [2.45, 2.75) is 13.0 Å². The van der Waals surface area contributed by atoms with Crippen LogP contribution in [0.25, 0.3) is 0 Å². The van der Waals surface area contributed by atoms with Gasteiger partial charge >= 0.3 is 5.97 Å². The first kappa shape index (κ1) is 18.2. The SMILES string of the molecule is COC(=O)CC(=O)Nc1ccccc1C(=O)N(C)Cc1ccccc1. The van der Waals surface area contributed by atoms with Gasteiger partial charge in [-0.05, 0) is 17.7 Å². The topological polar surface area (TPSA) is 75.7 Å². The number of hydrogen-bond donors (Lipinski definition) is 1. The lowest BCUT2D eigenvalue weighted by Crippen LogP contribution is -2.28.